The van der Waals surface area contributed by atoms with Gasteiger partial charge in [0.05, 0.1) is 16.7 Å². The average molecular weight is 405 g/mol. The van der Waals surface area contributed by atoms with E-state index < -0.39 is 51.7 Å². The topological polar surface area (TPSA) is 63.3 Å². The Morgan fingerprint density at radius 2 is 1.29 bits per heavy atom. The van der Waals surface area contributed by atoms with Crippen LogP contribution < -0.4 is 5.73 Å². The maximum atomic E-state index is 13.1. The smallest absolute Gasteiger partial charge is 0.416 e. The molecule has 28 heavy (non-hydrogen) atoms. The van der Waals surface area contributed by atoms with Gasteiger partial charge in [0.25, 0.3) is 5.91 Å². The van der Waals surface area contributed by atoms with Gasteiger partial charge < -0.3 is 10.8 Å². The fraction of sp³-hybridized carbons (Fsp3) is 0.316. The maximum Gasteiger partial charge on any atom is 0.416 e. The summed E-state index contributed by atoms with van der Waals surface area (Å²) in [6.07, 6.45) is -10.1. The summed E-state index contributed by atoms with van der Waals surface area (Å²) in [5.41, 5.74) is 0.656. The standard InChI is InChI=1S/C19H17F6NO2/c1-17(2,3)10-7-13(15(27)14(8-10)16(26)28)9-4-11(18(20,21)22)6-12(5-9)19(23,24)25/h4-8,27H,1-3H3,(H2,26,28). The number of phenols is 1. The molecule has 0 heterocycles. The van der Waals surface area contributed by atoms with Crippen LogP contribution in [0.4, 0.5) is 26.3 Å². The predicted octanol–water partition coefficient (Wildman–Crippen LogP) is 5.49. The minimum Gasteiger partial charge on any atom is -0.506 e. The Morgan fingerprint density at radius 3 is 1.64 bits per heavy atom. The Balaban J connectivity index is 2.90. The molecule has 2 aromatic carbocycles. The van der Waals surface area contributed by atoms with Crippen LogP contribution in [0.15, 0.2) is 30.3 Å². The molecule has 2 aromatic rings. The third kappa shape index (κ3) is 4.40. The Bertz CT molecular complexity index is 891. The number of alkyl halides is 6. The summed E-state index contributed by atoms with van der Waals surface area (Å²) in [6.45, 7) is 5.17. The molecule has 0 aliphatic rings. The number of rotatable bonds is 2. The first kappa shape index (κ1) is 21.6. The van der Waals surface area contributed by atoms with Crippen molar-refractivity contribution >= 4 is 5.91 Å². The van der Waals surface area contributed by atoms with Gasteiger partial charge in [-0.2, -0.15) is 26.3 Å². The number of aromatic hydroxyl groups is 1. The van der Waals surface area contributed by atoms with Crippen molar-refractivity contribution in [3.05, 3.63) is 52.6 Å². The van der Waals surface area contributed by atoms with Crippen LogP contribution in [0.5, 0.6) is 5.75 Å². The fourth-order valence-corrected chi connectivity index (χ4v) is 2.59. The van der Waals surface area contributed by atoms with Crippen molar-refractivity contribution in [2.75, 3.05) is 0 Å². The summed E-state index contributed by atoms with van der Waals surface area (Å²) in [6, 6.07) is 3.48. The van der Waals surface area contributed by atoms with E-state index in [1.165, 1.54) is 12.1 Å². The first-order valence-corrected chi connectivity index (χ1v) is 7.99. The van der Waals surface area contributed by atoms with Crippen LogP contribution in [0.25, 0.3) is 11.1 Å². The Labute approximate surface area is 156 Å². The predicted molar refractivity (Wildman–Crippen MR) is 90.8 cm³/mol. The number of benzene rings is 2. The maximum absolute atomic E-state index is 13.1. The molecule has 0 bridgehead atoms. The van der Waals surface area contributed by atoms with Gasteiger partial charge in [0.1, 0.15) is 5.75 Å². The van der Waals surface area contributed by atoms with Crippen molar-refractivity contribution in [2.45, 2.75) is 38.5 Å². The molecule has 152 valence electrons. The molecule has 9 heteroatoms. The molecule has 0 saturated carbocycles. The highest BCUT2D eigenvalue weighted by molar-refractivity contribution is 5.98. The van der Waals surface area contributed by atoms with Crippen LogP contribution in [0.1, 0.15) is 47.8 Å². The zero-order chi connectivity index (χ0) is 21.7. The van der Waals surface area contributed by atoms with Crippen LogP contribution in [0, 0.1) is 0 Å². The number of carbonyl (C=O) groups excluding carboxylic acids is 1. The van der Waals surface area contributed by atoms with Gasteiger partial charge in [-0.15, -0.1) is 0 Å². The number of carbonyl (C=O) groups is 1. The molecule has 1 amide bonds. The fourth-order valence-electron chi connectivity index (χ4n) is 2.59. The van der Waals surface area contributed by atoms with E-state index in [9.17, 15) is 36.2 Å². The lowest BCUT2D eigenvalue weighted by Gasteiger charge is -2.22. The third-order valence-corrected chi connectivity index (χ3v) is 4.14. The molecule has 2 rings (SSSR count). The van der Waals surface area contributed by atoms with Crippen LogP contribution >= 0.6 is 0 Å². The molecule has 0 aromatic heterocycles. The van der Waals surface area contributed by atoms with Gasteiger partial charge in [-0.3, -0.25) is 4.79 Å². The summed E-state index contributed by atoms with van der Waals surface area (Å²) in [7, 11) is 0. The Morgan fingerprint density at radius 1 is 0.821 bits per heavy atom. The highest BCUT2D eigenvalue weighted by Crippen LogP contribution is 2.42. The van der Waals surface area contributed by atoms with Crippen molar-refractivity contribution in [3.8, 4) is 16.9 Å². The molecule has 0 atom stereocenters. The minimum atomic E-state index is -5.04. The van der Waals surface area contributed by atoms with E-state index in [2.05, 4.69) is 0 Å². The van der Waals surface area contributed by atoms with E-state index in [0.717, 1.165) is 0 Å². The number of amides is 1. The van der Waals surface area contributed by atoms with Crippen LogP contribution in [0.3, 0.4) is 0 Å². The second kappa shape index (κ2) is 6.72. The van der Waals surface area contributed by atoms with Crippen molar-refractivity contribution in [1.82, 2.24) is 0 Å². The summed E-state index contributed by atoms with van der Waals surface area (Å²) in [4.78, 5) is 11.6. The highest BCUT2D eigenvalue weighted by atomic mass is 19.4. The third-order valence-electron chi connectivity index (χ3n) is 4.14. The van der Waals surface area contributed by atoms with Crippen LogP contribution in [0.2, 0.25) is 0 Å². The zero-order valence-corrected chi connectivity index (χ0v) is 15.1. The lowest BCUT2D eigenvalue weighted by atomic mass is 9.83. The van der Waals surface area contributed by atoms with Gasteiger partial charge in [-0.25, -0.2) is 0 Å². The molecule has 3 nitrogen and oxygen atoms in total. The van der Waals surface area contributed by atoms with Crippen molar-refractivity contribution < 1.29 is 36.2 Å². The Kier molecular flexibility index (Phi) is 5.18. The first-order chi connectivity index (χ1) is 12.5. The largest absolute Gasteiger partial charge is 0.506 e. The van der Waals surface area contributed by atoms with Gasteiger partial charge >= 0.3 is 12.4 Å². The van der Waals surface area contributed by atoms with E-state index in [4.69, 9.17) is 5.73 Å². The molecule has 0 fully saturated rings. The summed E-state index contributed by atoms with van der Waals surface area (Å²) < 4.78 is 78.7. The van der Waals surface area contributed by atoms with E-state index in [1.807, 2.05) is 0 Å². The van der Waals surface area contributed by atoms with Gasteiger partial charge in [-0.1, -0.05) is 20.8 Å². The minimum absolute atomic E-state index is 0.0108. The summed E-state index contributed by atoms with van der Waals surface area (Å²) in [5, 5.41) is 10.3. The molecule has 0 aliphatic carbocycles. The Hall–Kier alpha value is -2.71. The second-order valence-corrected chi connectivity index (χ2v) is 7.33. The summed E-state index contributed by atoms with van der Waals surface area (Å²) >= 11 is 0. The molecule has 0 radical (unpaired) electrons. The van der Waals surface area contributed by atoms with Crippen molar-refractivity contribution in [3.63, 3.8) is 0 Å². The molecule has 0 aliphatic heterocycles. The molecular weight excluding hydrogens is 388 g/mol. The van der Waals surface area contributed by atoms with Gasteiger partial charge in [0, 0.05) is 5.56 Å². The van der Waals surface area contributed by atoms with Crippen molar-refractivity contribution in [1.29, 1.82) is 0 Å². The monoisotopic (exact) mass is 405 g/mol. The normalized spacial score (nSPS) is 12.9. The highest BCUT2D eigenvalue weighted by Gasteiger charge is 2.37. The lowest BCUT2D eigenvalue weighted by molar-refractivity contribution is -0.143. The van der Waals surface area contributed by atoms with E-state index in [0.29, 0.717) is 17.7 Å². The first-order valence-electron chi connectivity index (χ1n) is 7.99. The number of halogens is 6. The van der Waals surface area contributed by atoms with Gasteiger partial charge in [0.2, 0.25) is 0 Å². The molecule has 3 N–H and O–H groups in total. The second-order valence-electron chi connectivity index (χ2n) is 7.33. The van der Waals surface area contributed by atoms with E-state index >= 15 is 0 Å². The van der Waals surface area contributed by atoms with E-state index in [1.54, 1.807) is 20.8 Å². The average Bonchev–Trinajstić information content (AvgIpc) is 2.51. The number of primary amides is 1. The van der Waals surface area contributed by atoms with Crippen LogP contribution in [-0.4, -0.2) is 11.0 Å². The number of nitrogens with two attached hydrogens (primary N) is 1. The molecule has 0 saturated heterocycles. The van der Waals surface area contributed by atoms with Gasteiger partial charge in [-0.05, 0) is 46.9 Å². The lowest BCUT2D eigenvalue weighted by Crippen LogP contribution is -2.16. The van der Waals surface area contributed by atoms with Gasteiger partial charge in [0.15, 0.2) is 0 Å². The number of hydrogen-bond donors (Lipinski definition) is 2. The SMILES string of the molecule is CC(C)(C)c1cc(C(N)=O)c(O)c(-c2cc(C(F)(F)F)cc(C(F)(F)F)c2)c1. The summed E-state index contributed by atoms with van der Waals surface area (Å²) in [5.74, 6) is -1.85. The quantitative estimate of drug-likeness (QED) is 0.649. The molecule has 0 spiro atoms. The zero-order valence-electron chi connectivity index (χ0n) is 15.1. The number of hydrogen-bond acceptors (Lipinski definition) is 2. The van der Waals surface area contributed by atoms with Crippen molar-refractivity contribution in [2.24, 2.45) is 5.73 Å². The molecule has 0 unspecified atom stereocenters. The van der Waals surface area contributed by atoms with E-state index in [-0.39, 0.29) is 11.6 Å². The van der Waals surface area contributed by atoms with Crippen LogP contribution in [-0.2, 0) is 17.8 Å². The molecular formula is C19H17F6NO2.